The van der Waals surface area contributed by atoms with Gasteiger partial charge in [0.15, 0.2) is 5.78 Å². The van der Waals surface area contributed by atoms with Gasteiger partial charge in [-0.2, -0.15) is 0 Å². The quantitative estimate of drug-likeness (QED) is 0.388. The zero-order chi connectivity index (χ0) is 26.3. The molecule has 0 aromatic rings. The van der Waals surface area contributed by atoms with E-state index >= 15 is 0 Å². The molecule has 0 N–H and O–H groups in total. The lowest BCUT2D eigenvalue weighted by molar-refractivity contribution is -0.210. The van der Waals surface area contributed by atoms with Gasteiger partial charge in [0.1, 0.15) is 6.61 Å². The summed E-state index contributed by atoms with van der Waals surface area (Å²) in [6.07, 6.45) is 12.7. The van der Waals surface area contributed by atoms with E-state index in [0.717, 1.165) is 31.6 Å². The van der Waals surface area contributed by atoms with E-state index in [2.05, 4.69) is 54.5 Å². The number of fused-ring (bicyclic) bond motifs is 7. The van der Waals surface area contributed by atoms with Crippen molar-refractivity contribution < 1.29 is 19.1 Å². The van der Waals surface area contributed by atoms with E-state index in [4.69, 9.17) is 9.47 Å². The molecule has 4 fully saturated rings. The molecular weight excluding hydrogens is 448 g/mol. The molecule has 0 amide bonds. The number of methoxy groups -OCH3 is 1. The first-order chi connectivity index (χ1) is 16.7. The van der Waals surface area contributed by atoms with Crippen molar-refractivity contribution in [2.45, 2.75) is 112 Å². The number of allylic oxidation sites excluding steroid dienone is 2. The maximum Gasteiger partial charge on any atom is 0.331 e. The minimum atomic E-state index is -0.315. The van der Waals surface area contributed by atoms with E-state index in [9.17, 15) is 9.59 Å². The smallest absolute Gasteiger partial charge is 0.331 e. The summed E-state index contributed by atoms with van der Waals surface area (Å²) in [5, 5.41) is 0. The van der Waals surface area contributed by atoms with Crippen LogP contribution in [0.25, 0.3) is 0 Å². The van der Waals surface area contributed by atoms with Crippen molar-refractivity contribution in [3.63, 3.8) is 0 Å². The number of hydrogen-bond donors (Lipinski definition) is 0. The minimum Gasteiger partial charge on any atom is -0.467 e. The molecule has 0 heterocycles. The molecule has 9 atom stereocenters. The third-order valence-electron chi connectivity index (χ3n) is 13.1. The first-order valence-electron chi connectivity index (χ1n) is 14.7. The average Bonchev–Trinajstić information content (AvgIpc) is 2.80. The zero-order valence-corrected chi connectivity index (χ0v) is 24.2. The maximum absolute atomic E-state index is 14.3. The van der Waals surface area contributed by atoms with Crippen LogP contribution >= 0.6 is 0 Å². The molecule has 0 aromatic carbocycles. The van der Waals surface area contributed by atoms with Gasteiger partial charge in [-0.1, -0.05) is 60.5 Å². The summed E-state index contributed by atoms with van der Waals surface area (Å²) in [6, 6.07) is 0. The van der Waals surface area contributed by atoms with E-state index < -0.39 is 0 Å². The molecule has 0 aromatic heterocycles. The van der Waals surface area contributed by atoms with Crippen LogP contribution in [-0.2, 0) is 19.1 Å². The Hall–Kier alpha value is -1.16. The summed E-state index contributed by atoms with van der Waals surface area (Å²) in [6.45, 7) is 17.0. The van der Waals surface area contributed by atoms with Gasteiger partial charge in [-0.15, -0.1) is 0 Å². The van der Waals surface area contributed by atoms with Crippen molar-refractivity contribution in [1.82, 2.24) is 0 Å². The molecule has 0 spiro atoms. The fraction of sp³-hybridized carbons (Fsp3) is 0.875. The minimum absolute atomic E-state index is 0.00276. The topological polar surface area (TPSA) is 52.6 Å². The van der Waals surface area contributed by atoms with Crippen molar-refractivity contribution >= 4 is 11.8 Å². The Labute approximate surface area is 219 Å². The molecule has 0 unspecified atom stereocenters. The highest BCUT2D eigenvalue weighted by Crippen LogP contribution is 2.74. The van der Waals surface area contributed by atoms with Crippen LogP contribution in [0.4, 0.5) is 0 Å². The third kappa shape index (κ3) is 3.48. The van der Waals surface area contributed by atoms with Gasteiger partial charge in [0.2, 0.25) is 0 Å². The fourth-order valence-corrected chi connectivity index (χ4v) is 10.7. The molecule has 0 radical (unpaired) electrons. The van der Waals surface area contributed by atoms with Gasteiger partial charge < -0.3 is 9.47 Å². The summed E-state index contributed by atoms with van der Waals surface area (Å²) in [4.78, 5) is 26.1. The molecule has 0 saturated heterocycles. The summed E-state index contributed by atoms with van der Waals surface area (Å²) in [5.74, 6) is 1.86. The lowest BCUT2D eigenvalue weighted by Gasteiger charge is -2.70. The van der Waals surface area contributed by atoms with Crippen LogP contribution in [-0.4, -0.2) is 31.6 Å². The molecule has 0 bridgehead atoms. The molecule has 4 saturated carbocycles. The Morgan fingerprint density at radius 1 is 0.972 bits per heavy atom. The monoisotopic (exact) mass is 498 g/mol. The van der Waals surface area contributed by atoms with Crippen LogP contribution in [0.15, 0.2) is 11.6 Å². The van der Waals surface area contributed by atoms with Crippen molar-refractivity contribution in [3.8, 4) is 0 Å². The largest absolute Gasteiger partial charge is 0.467 e. The number of ketones is 1. The normalized spacial score (nSPS) is 49.6. The molecule has 5 aliphatic rings. The van der Waals surface area contributed by atoms with Crippen LogP contribution in [0.1, 0.15) is 106 Å². The predicted molar refractivity (Wildman–Crippen MR) is 142 cm³/mol. The first kappa shape index (κ1) is 26.4. The molecule has 36 heavy (non-hydrogen) atoms. The first-order valence-corrected chi connectivity index (χ1v) is 14.7. The van der Waals surface area contributed by atoms with Gasteiger partial charge in [0.05, 0.1) is 13.2 Å². The van der Waals surface area contributed by atoms with Crippen molar-refractivity contribution in [3.05, 3.63) is 11.6 Å². The lowest BCUT2D eigenvalue weighted by atomic mass is 9.33. The van der Waals surface area contributed by atoms with Crippen molar-refractivity contribution in [1.29, 1.82) is 0 Å². The van der Waals surface area contributed by atoms with E-state index in [-0.39, 0.29) is 46.3 Å². The lowest BCUT2D eigenvalue weighted by Crippen LogP contribution is -2.66. The summed E-state index contributed by atoms with van der Waals surface area (Å²) in [7, 11) is 1.41. The van der Waals surface area contributed by atoms with Crippen LogP contribution in [0.5, 0.6) is 0 Å². The van der Waals surface area contributed by atoms with E-state index in [1.165, 1.54) is 44.8 Å². The van der Waals surface area contributed by atoms with E-state index in [0.29, 0.717) is 23.0 Å². The van der Waals surface area contributed by atoms with Gasteiger partial charge in [-0.25, -0.2) is 4.79 Å². The number of rotatable bonds is 3. The van der Waals surface area contributed by atoms with Gasteiger partial charge in [-0.3, -0.25) is 4.79 Å². The molecule has 5 rings (SSSR count). The summed E-state index contributed by atoms with van der Waals surface area (Å²) >= 11 is 0. The molecule has 5 aliphatic carbocycles. The third-order valence-corrected chi connectivity index (χ3v) is 13.1. The van der Waals surface area contributed by atoms with Crippen molar-refractivity contribution in [2.75, 3.05) is 13.7 Å². The second kappa shape index (κ2) is 8.42. The Kier molecular flexibility index (Phi) is 6.18. The summed E-state index contributed by atoms with van der Waals surface area (Å²) in [5.41, 5.74) is 1.82. The van der Waals surface area contributed by atoms with Gasteiger partial charge >= 0.3 is 5.97 Å². The van der Waals surface area contributed by atoms with E-state index in [1.54, 1.807) is 0 Å². The molecule has 202 valence electrons. The highest BCUT2D eigenvalue weighted by atomic mass is 16.6. The zero-order valence-electron chi connectivity index (χ0n) is 24.2. The summed E-state index contributed by atoms with van der Waals surface area (Å²) < 4.78 is 11.0. The van der Waals surface area contributed by atoms with Gasteiger partial charge in [0.25, 0.3) is 0 Å². The fourth-order valence-electron chi connectivity index (χ4n) is 10.7. The Morgan fingerprint density at radius 3 is 2.39 bits per heavy atom. The average molecular weight is 499 g/mol. The molecular formula is C32H50O4. The van der Waals surface area contributed by atoms with Crippen molar-refractivity contribution in [2.24, 2.45) is 50.7 Å². The predicted octanol–water partition coefficient (Wildman–Crippen LogP) is 7.16. The second-order valence-corrected chi connectivity index (χ2v) is 15.1. The standard InChI is InChI=1S/C32H50O4/c1-20-9-12-29(4)15-16-31(6)22(21(29)17-20)18-23(33)27-30(5)13-11-25(36-19-26(34)35-8)28(2,3)24(30)10-14-32(27,31)7/h18,20-21,24-25,27H,9-17,19H2,1-8H3/t20-,21-,24-,25-,27+,29-,30-,31+,32+/m0/s1. The number of carbonyl (C=O) groups is 2. The Balaban J connectivity index is 1.51. The van der Waals surface area contributed by atoms with Gasteiger partial charge in [0, 0.05) is 5.92 Å². The Morgan fingerprint density at radius 2 is 1.69 bits per heavy atom. The Bertz CT molecular complexity index is 965. The van der Waals surface area contributed by atoms with Crippen LogP contribution < -0.4 is 0 Å². The molecule has 4 heteroatoms. The molecule has 0 aliphatic heterocycles. The maximum atomic E-state index is 14.3. The van der Waals surface area contributed by atoms with Gasteiger partial charge in [-0.05, 0) is 102 Å². The SMILES string of the molecule is COC(=O)CO[C@H]1CC[C@]2(C)[C@H]3C(=O)C=C4[C@@H]5C[C@@H](C)CC[C@@]5(C)CC[C@@]4(C)[C@]3(C)CC[C@H]2C1(C)C. The highest BCUT2D eigenvalue weighted by Gasteiger charge is 2.69. The highest BCUT2D eigenvalue weighted by molar-refractivity contribution is 5.95. The number of esters is 1. The second-order valence-electron chi connectivity index (χ2n) is 15.1. The van der Waals surface area contributed by atoms with E-state index in [1.807, 2.05) is 0 Å². The molecule has 4 nitrogen and oxygen atoms in total. The number of ether oxygens (including phenoxy) is 2. The van der Waals surface area contributed by atoms with Crippen LogP contribution in [0, 0.1) is 50.7 Å². The number of carbonyl (C=O) groups excluding carboxylic acids is 2. The number of hydrogen-bond acceptors (Lipinski definition) is 4. The van der Waals surface area contributed by atoms with Crippen LogP contribution in [0.2, 0.25) is 0 Å². The van der Waals surface area contributed by atoms with Crippen LogP contribution in [0.3, 0.4) is 0 Å².